The van der Waals surface area contributed by atoms with Gasteiger partial charge in [0.2, 0.25) is 0 Å². The van der Waals surface area contributed by atoms with Crippen molar-refractivity contribution in [3.05, 3.63) is 29.6 Å². The zero-order chi connectivity index (χ0) is 13.1. The van der Waals surface area contributed by atoms with Crippen molar-refractivity contribution in [3.63, 3.8) is 0 Å². The number of carbonyl (C=O) groups excluding carboxylic acids is 1. The Kier molecular flexibility index (Phi) is 3.81. The standard InChI is InChI=1S/C13H18FN3O/c1-15-12-10(4-3-5-11(12)14)13(18)17-8-6-16(2)7-9-17/h3-5,15H,6-9H2,1-2H3. The highest BCUT2D eigenvalue weighted by Gasteiger charge is 2.23. The molecule has 1 saturated heterocycles. The van der Waals surface area contributed by atoms with Crippen LogP contribution in [-0.2, 0) is 0 Å². The fourth-order valence-electron chi connectivity index (χ4n) is 2.14. The molecular weight excluding hydrogens is 233 g/mol. The van der Waals surface area contributed by atoms with Gasteiger partial charge in [0.1, 0.15) is 5.82 Å². The first-order valence-corrected chi connectivity index (χ1v) is 6.07. The largest absolute Gasteiger partial charge is 0.385 e. The lowest BCUT2D eigenvalue weighted by atomic mass is 10.1. The number of hydrogen-bond acceptors (Lipinski definition) is 3. The highest BCUT2D eigenvalue weighted by Crippen LogP contribution is 2.21. The van der Waals surface area contributed by atoms with E-state index in [-0.39, 0.29) is 11.6 Å². The predicted octanol–water partition coefficient (Wildman–Crippen LogP) is 1.26. The molecule has 1 aromatic rings. The lowest BCUT2D eigenvalue weighted by Crippen LogP contribution is -2.47. The number of likely N-dealkylation sites (N-methyl/N-ethyl adjacent to an activating group) is 1. The van der Waals surface area contributed by atoms with Gasteiger partial charge in [0.25, 0.3) is 5.91 Å². The third-order valence-corrected chi connectivity index (χ3v) is 3.28. The molecule has 1 fully saturated rings. The van der Waals surface area contributed by atoms with E-state index < -0.39 is 5.82 Å². The van der Waals surface area contributed by atoms with Gasteiger partial charge in [-0.3, -0.25) is 4.79 Å². The van der Waals surface area contributed by atoms with E-state index in [1.807, 2.05) is 7.05 Å². The Morgan fingerprint density at radius 3 is 2.56 bits per heavy atom. The lowest BCUT2D eigenvalue weighted by Gasteiger charge is -2.32. The van der Waals surface area contributed by atoms with E-state index in [2.05, 4.69) is 10.2 Å². The van der Waals surface area contributed by atoms with Crippen LogP contribution in [0.5, 0.6) is 0 Å². The molecule has 0 aliphatic carbocycles. The van der Waals surface area contributed by atoms with Crippen molar-refractivity contribution in [2.24, 2.45) is 0 Å². The van der Waals surface area contributed by atoms with Crippen LogP contribution >= 0.6 is 0 Å². The van der Waals surface area contributed by atoms with Gasteiger partial charge in [-0.05, 0) is 19.2 Å². The maximum Gasteiger partial charge on any atom is 0.256 e. The summed E-state index contributed by atoms with van der Waals surface area (Å²) in [6.45, 7) is 3.09. The first kappa shape index (κ1) is 12.8. The summed E-state index contributed by atoms with van der Waals surface area (Å²) in [5.41, 5.74) is 0.684. The SMILES string of the molecule is CNc1c(F)cccc1C(=O)N1CCN(C)CC1. The van der Waals surface area contributed by atoms with Crippen LogP contribution in [0.3, 0.4) is 0 Å². The normalized spacial score (nSPS) is 16.7. The van der Waals surface area contributed by atoms with Gasteiger partial charge in [0.15, 0.2) is 0 Å². The van der Waals surface area contributed by atoms with E-state index >= 15 is 0 Å². The Balaban J connectivity index is 2.21. The molecule has 5 heteroatoms. The first-order chi connectivity index (χ1) is 8.63. The molecule has 0 saturated carbocycles. The zero-order valence-electron chi connectivity index (χ0n) is 10.7. The van der Waals surface area contributed by atoms with Gasteiger partial charge in [-0.15, -0.1) is 0 Å². The van der Waals surface area contributed by atoms with Crippen molar-refractivity contribution in [1.82, 2.24) is 9.80 Å². The number of hydrogen-bond donors (Lipinski definition) is 1. The molecule has 2 rings (SSSR count). The van der Waals surface area contributed by atoms with Crippen molar-refractivity contribution in [2.45, 2.75) is 0 Å². The summed E-state index contributed by atoms with van der Waals surface area (Å²) in [6.07, 6.45) is 0. The van der Waals surface area contributed by atoms with Crippen molar-refractivity contribution in [3.8, 4) is 0 Å². The molecule has 0 radical (unpaired) electrons. The highest BCUT2D eigenvalue weighted by atomic mass is 19.1. The van der Waals surface area contributed by atoms with Crippen LogP contribution < -0.4 is 5.32 Å². The minimum absolute atomic E-state index is 0.105. The maximum atomic E-state index is 13.6. The average Bonchev–Trinajstić information content (AvgIpc) is 2.38. The second kappa shape index (κ2) is 5.35. The van der Waals surface area contributed by atoms with E-state index in [1.54, 1.807) is 24.1 Å². The number of amides is 1. The van der Waals surface area contributed by atoms with Crippen LogP contribution in [-0.4, -0.2) is 56.0 Å². The number of benzene rings is 1. The molecule has 0 unspecified atom stereocenters. The molecule has 0 bridgehead atoms. The monoisotopic (exact) mass is 251 g/mol. The molecule has 1 heterocycles. The van der Waals surface area contributed by atoms with E-state index in [0.717, 1.165) is 13.1 Å². The summed E-state index contributed by atoms with van der Waals surface area (Å²) in [4.78, 5) is 16.3. The fraction of sp³-hybridized carbons (Fsp3) is 0.462. The summed E-state index contributed by atoms with van der Waals surface area (Å²) in [5.74, 6) is -0.496. The Hall–Kier alpha value is -1.62. The molecule has 1 aliphatic heterocycles. The fourth-order valence-corrected chi connectivity index (χ4v) is 2.14. The number of nitrogens with zero attached hydrogens (tertiary/aromatic N) is 2. The maximum absolute atomic E-state index is 13.6. The van der Waals surface area contributed by atoms with E-state index in [0.29, 0.717) is 18.7 Å². The van der Waals surface area contributed by atoms with E-state index in [9.17, 15) is 9.18 Å². The lowest BCUT2D eigenvalue weighted by molar-refractivity contribution is 0.0664. The summed E-state index contributed by atoms with van der Waals surface area (Å²) in [5, 5.41) is 2.76. The smallest absolute Gasteiger partial charge is 0.256 e. The average molecular weight is 251 g/mol. The van der Waals surface area contributed by atoms with E-state index in [1.165, 1.54) is 6.07 Å². The number of nitrogens with one attached hydrogen (secondary N) is 1. The molecule has 0 aromatic heterocycles. The van der Waals surface area contributed by atoms with Crippen molar-refractivity contribution in [2.75, 3.05) is 45.6 Å². The molecule has 0 atom stereocenters. The van der Waals surface area contributed by atoms with Gasteiger partial charge in [0, 0.05) is 33.2 Å². The molecule has 4 nitrogen and oxygen atoms in total. The molecule has 1 aromatic carbocycles. The second-order valence-electron chi connectivity index (χ2n) is 4.51. The van der Waals surface area contributed by atoms with Crippen LogP contribution in [0.4, 0.5) is 10.1 Å². The minimum Gasteiger partial charge on any atom is -0.385 e. The third kappa shape index (κ3) is 2.46. The van der Waals surface area contributed by atoms with E-state index in [4.69, 9.17) is 0 Å². The molecular formula is C13H18FN3O. The quantitative estimate of drug-likeness (QED) is 0.859. The second-order valence-corrected chi connectivity index (χ2v) is 4.51. The van der Waals surface area contributed by atoms with Gasteiger partial charge in [0.05, 0.1) is 11.3 Å². The van der Waals surface area contributed by atoms with Crippen molar-refractivity contribution in [1.29, 1.82) is 0 Å². The number of para-hydroxylation sites is 1. The summed E-state index contributed by atoms with van der Waals surface area (Å²) < 4.78 is 13.6. The van der Waals surface area contributed by atoms with Gasteiger partial charge in [-0.25, -0.2) is 4.39 Å². The molecule has 98 valence electrons. The van der Waals surface area contributed by atoms with Crippen molar-refractivity contribution < 1.29 is 9.18 Å². The molecule has 1 N–H and O–H groups in total. The van der Waals surface area contributed by atoms with Crippen LogP contribution in [0.2, 0.25) is 0 Å². The van der Waals surface area contributed by atoms with Crippen LogP contribution in [0.15, 0.2) is 18.2 Å². The zero-order valence-corrected chi connectivity index (χ0v) is 10.7. The topological polar surface area (TPSA) is 35.6 Å². The molecule has 0 spiro atoms. The highest BCUT2D eigenvalue weighted by molar-refractivity contribution is 5.99. The number of rotatable bonds is 2. The Morgan fingerprint density at radius 2 is 1.94 bits per heavy atom. The van der Waals surface area contributed by atoms with Crippen LogP contribution in [0.1, 0.15) is 10.4 Å². The van der Waals surface area contributed by atoms with Gasteiger partial charge >= 0.3 is 0 Å². The van der Waals surface area contributed by atoms with Gasteiger partial charge in [-0.2, -0.15) is 0 Å². The number of carbonyl (C=O) groups is 1. The summed E-state index contributed by atoms with van der Waals surface area (Å²) in [7, 11) is 3.65. The number of halogens is 1. The first-order valence-electron chi connectivity index (χ1n) is 6.07. The summed E-state index contributed by atoms with van der Waals surface area (Å²) >= 11 is 0. The molecule has 18 heavy (non-hydrogen) atoms. The number of anilines is 1. The van der Waals surface area contributed by atoms with Crippen molar-refractivity contribution >= 4 is 11.6 Å². The predicted molar refractivity (Wildman–Crippen MR) is 69.3 cm³/mol. The van der Waals surface area contributed by atoms with Gasteiger partial charge in [-0.1, -0.05) is 6.07 Å². The van der Waals surface area contributed by atoms with Crippen LogP contribution in [0.25, 0.3) is 0 Å². The van der Waals surface area contributed by atoms with Gasteiger partial charge < -0.3 is 15.1 Å². The Morgan fingerprint density at radius 1 is 1.28 bits per heavy atom. The number of piperazine rings is 1. The molecule has 1 amide bonds. The minimum atomic E-state index is -0.391. The Labute approximate surface area is 106 Å². The third-order valence-electron chi connectivity index (χ3n) is 3.28. The Bertz CT molecular complexity index is 442. The molecule has 1 aliphatic rings. The van der Waals surface area contributed by atoms with Crippen LogP contribution in [0, 0.1) is 5.82 Å². The summed E-state index contributed by atoms with van der Waals surface area (Å²) in [6, 6.07) is 4.58.